The molecule has 1 aromatic carbocycles. The molecule has 1 fully saturated rings. The van der Waals surface area contributed by atoms with Crippen LogP contribution in [0.5, 0.6) is 0 Å². The van der Waals surface area contributed by atoms with E-state index in [1.165, 1.54) is 12.1 Å². The number of anilines is 1. The number of halogens is 2. The molecule has 0 aliphatic carbocycles. The van der Waals surface area contributed by atoms with E-state index in [-0.39, 0.29) is 42.3 Å². The first-order chi connectivity index (χ1) is 15.7. The number of ether oxygens (including phenoxy) is 1. The second-order valence-corrected chi connectivity index (χ2v) is 9.44. The van der Waals surface area contributed by atoms with Crippen LogP contribution in [0.1, 0.15) is 34.1 Å². The van der Waals surface area contributed by atoms with Crippen molar-refractivity contribution in [1.29, 1.82) is 5.26 Å². The van der Waals surface area contributed by atoms with Crippen molar-refractivity contribution in [3.63, 3.8) is 0 Å². The average molecular weight is 495 g/mol. The van der Waals surface area contributed by atoms with Crippen molar-refractivity contribution in [3.8, 4) is 6.07 Å². The molecule has 1 aliphatic rings. The van der Waals surface area contributed by atoms with Crippen molar-refractivity contribution in [2.45, 2.75) is 19.4 Å². The fourth-order valence-electron chi connectivity index (χ4n) is 3.29. The Balaban J connectivity index is 1.68. The molecule has 1 saturated heterocycles. The van der Waals surface area contributed by atoms with E-state index < -0.39 is 40.2 Å². The summed E-state index contributed by atoms with van der Waals surface area (Å²) in [6, 6.07) is 9.40. The van der Waals surface area contributed by atoms with Gasteiger partial charge in [0.1, 0.15) is 18.6 Å². The molecule has 12 heteroatoms. The number of rotatable bonds is 8. The lowest BCUT2D eigenvalue weighted by Gasteiger charge is -2.39. The molecule has 1 N–H and O–H groups in total. The number of esters is 1. The van der Waals surface area contributed by atoms with Crippen LogP contribution in [0.25, 0.3) is 0 Å². The highest BCUT2D eigenvalue weighted by Crippen LogP contribution is 2.29. The lowest BCUT2D eigenvalue weighted by molar-refractivity contribution is -0.123. The van der Waals surface area contributed by atoms with E-state index in [9.17, 15) is 27.7 Å². The summed E-state index contributed by atoms with van der Waals surface area (Å²) >= 11 is 5.86. The van der Waals surface area contributed by atoms with Crippen molar-refractivity contribution in [3.05, 3.63) is 57.7 Å². The summed E-state index contributed by atoms with van der Waals surface area (Å²) in [6.45, 7) is 0.777. The minimum absolute atomic E-state index is 0.0164. The highest BCUT2D eigenvalue weighted by atomic mass is 35.5. The topological polar surface area (TPSA) is 129 Å². The number of benzene rings is 1. The Bertz CT molecular complexity index is 1230. The summed E-state index contributed by atoms with van der Waals surface area (Å²) in [6.07, 6.45) is 0. The summed E-state index contributed by atoms with van der Waals surface area (Å²) < 4.78 is 45.0. The molecule has 0 bridgehead atoms. The van der Waals surface area contributed by atoms with Crippen LogP contribution in [0, 0.1) is 17.2 Å². The third-order valence-corrected chi connectivity index (χ3v) is 6.34. The van der Waals surface area contributed by atoms with Crippen molar-refractivity contribution in [2.75, 3.05) is 24.6 Å². The number of alkyl halides is 1. The predicted octanol–water partition coefficient (Wildman–Crippen LogP) is 2.34. The number of carbonyl (C=O) groups excluding carboxylic acids is 2. The van der Waals surface area contributed by atoms with Gasteiger partial charge in [-0.05, 0) is 30.7 Å². The minimum Gasteiger partial charge on any atom is -0.462 e. The zero-order valence-electron chi connectivity index (χ0n) is 17.5. The summed E-state index contributed by atoms with van der Waals surface area (Å²) in [5.41, 5.74) is 0.130. The first kappa shape index (κ1) is 24.4. The Morgan fingerprint density at radius 2 is 2.09 bits per heavy atom. The largest absolute Gasteiger partial charge is 0.462 e. The number of nitrogens with zero attached hydrogens (tertiary/aromatic N) is 3. The standard InChI is InChI=1S/C21H20ClFN4O5S/c1-2-32-21(29)17-7-14(9-24)19(25-18(17)8-23)27-10-15(11-27)20(28)26-33(30,31)12-13-4-3-5-16(22)6-13/h3-7,15H,2,8,10-12H2,1H3,(H,26,28). The van der Waals surface area contributed by atoms with Gasteiger partial charge in [-0.1, -0.05) is 23.7 Å². The molecule has 33 heavy (non-hydrogen) atoms. The summed E-state index contributed by atoms with van der Waals surface area (Å²) in [5, 5.41) is 9.82. The lowest BCUT2D eigenvalue weighted by atomic mass is 9.98. The maximum Gasteiger partial charge on any atom is 0.340 e. The molecule has 174 valence electrons. The van der Waals surface area contributed by atoms with Gasteiger partial charge in [-0.3, -0.25) is 9.52 Å². The van der Waals surface area contributed by atoms with Gasteiger partial charge in [-0.25, -0.2) is 22.6 Å². The third-order valence-electron chi connectivity index (χ3n) is 4.88. The van der Waals surface area contributed by atoms with Crippen LogP contribution in [0.15, 0.2) is 30.3 Å². The Hall–Kier alpha value is -3.23. The van der Waals surface area contributed by atoms with Crippen LogP contribution in [-0.4, -0.2) is 45.0 Å². The number of hydrogen-bond acceptors (Lipinski definition) is 8. The fraction of sp³-hybridized carbons (Fsp3) is 0.333. The molecule has 0 unspecified atom stereocenters. The fourth-order valence-corrected chi connectivity index (χ4v) is 4.66. The minimum atomic E-state index is -3.94. The molecule has 0 saturated carbocycles. The quantitative estimate of drug-likeness (QED) is 0.553. The Morgan fingerprint density at radius 3 is 2.70 bits per heavy atom. The van der Waals surface area contributed by atoms with Gasteiger partial charge in [0, 0.05) is 18.1 Å². The van der Waals surface area contributed by atoms with E-state index in [0.29, 0.717) is 10.6 Å². The molecule has 2 aromatic rings. The molecular formula is C21H20ClFN4O5S. The van der Waals surface area contributed by atoms with Crippen LogP contribution in [0.2, 0.25) is 5.02 Å². The molecule has 1 aromatic heterocycles. The van der Waals surface area contributed by atoms with Gasteiger partial charge in [-0.15, -0.1) is 0 Å². The second-order valence-electron chi connectivity index (χ2n) is 7.28. The molecule has 1 amide bonds. The lowest BCUT2D eigenvalue weighted by Crippen LogP contribution is -2.55. The van der Waals surface area contributed by atoms with Crippen LogP contribution >= 0.6 is 11.6 Å². The highest BCUT2D eigenvalue weighted by Gasteiger charge is 2.37. The van der Waals surface area contributed by atoms with Gasteiger partial charge in [0.05, 0.1) is 35.1 Å². The van der Waals surface area contributed by atoms with E-state index >= 15 is 0 Å². The molecular weight excluding hydrogens is 475 g/mol. The SMILES string of the molecule is CCOC(=O)c1cc(C#N)c(N2CC(C(=O)NS(=O)(=O)Cc3cccc(Cl)c3)C2)nc1CF. The van der Waals surface area contributed by atoms with Crippen LogP contribution in [0.4, 0.5) is 10.2 Å². The molecule has 3 rings (SSSR count). The van der Waals surface area contributed by atoms with E-state index in [1.54, 1.807) is 30.0 Å². The molecule has 9 nitrogen and oxygen atoms in total. The van der Waals surface area contributed by atoms with E-state index in [1.807, 2.05) is 10.8 Å². The summed E-state index contributed by atoms with van der Waals surface area (Å²) in [7, 11) is -3.94. The zero-order valence-corrected chi connectivity index (χ0v) is 19.1. The van der Waals surface area contributed by atoms with E-state index in [2.05, 4.69) is 4.98 Å². The van der Waals surface area contributed by atoms with Gasteiger partial charge in [0.15, 0.2) is 0 Å². The maximum absolute atomic E-state index is 13.5. The number of nitrogens with one attached hydrogen (secondary N) is 1. The predicted molar refractivity (Wildman–Crippen MR) is 118 cm³/mol. The van der Waals surface area contributed by atoms with Gasteiger partial charge >= 0.3 is 5.97 Å². The first-order valence-electron chi connectivity index (χ1n) is 9.88. The summed E-state index contributed by atoms with van der Waals surface area (Å²) in [5.74, 6) is -2.45. The monoisotopic (exact) mass is 494 g/mol. The second kappa shape index (κ2) is 10.1. The van der Waals surface area contributed by atoms with Gasteiger partial charge in [0.2, 0.25) is 15.9 Å². The molecule has 2 heterocycles. The number of amides is 1. The zero-order chi connectivity index (χ0) is 24.2. The molecule has 1 aliphatic heterocycles. The van der Waals surface area contributed by atoms with Gasteiger partial charge in [-0.2, -0.15) is 5.26 Å². The number of aromatic nitrogens is 1. The van der Waals surface area contributed by atoms with Gasteiger partial charge < -0.3 is 9.64 Å². The number of carbonyl (C=O) groups is 2. The number of pyridine rings is 1. The smallest absolute Gasteiger partial charge is 0.340 e. The molecule has 0 atom stereocenters. The van der Waals surface area contributed by atoms with Crippen LogP contribution < -0.4 is 9.62 Å². The molecule has 0 radical (unpaired) electrons. The van der Waals surface area contributed by atoms with Crippen molar-refractivity contribution in [1.82, 2.24) is 9.71 Å². The van der Waals surface area contributed by atoms with Crippen LogP contribution in [0.3, 0.4) is 0 Å². The Kier molecular flexibility index (Phi) is 7.50. The van der Waals surface area contributed by atoms with Crippen molar-refractivity contribution >= 4 is 39.3 Å². The Morgan fingerprint density at radius 1 is 1.36 bits per heavy atom. The summed E-state index contributed by atoms with van der Waals surface area (Å²) in [4.78, 5) is 30.1. The molecule has 0 spiro atoms. The van der Waals surface area contributed by atoms with Gasteiger partial charge in [0.25, 0.3) is 0 Å². The van der Waals surface area contributed by atoms with Crippen molar-refractivity contribution in [2.24, 2.45) is 5.92 Å². The van der Waals surface area contributed by atoms with E-state index in [4.69, 9.17) is 16.3 Å². The van der Waals surface area contributed by atoms with Crippen molar-refractivity contribution < 1.29 is 27.1 Å². The van der Waals surface area contributed by atoms with E-state index in [0.717, 1.165) is 0 Å². The number of hydrogen-bond donors (Lipinski definition) is 1. The third kappa shape index (κ3) is 5.77. The first-order valence-corrected chi connectivity index (χ1v) is 11.9. The number of sulfonamides is 1. The van der Waals surface area contributed by atoms with Crippen LogP contribution in [-0.2, 0) is 32.0 Å². The maximum atomic E-state index is 13.5. The Labute approximate surface area is 195 Å². The highest BCUT2D eigenvalue weighted by molar-refractivity contribution is 7.89. The average Bonchev–Trinajstić information content (AvgIpc) is 2.71. The normalized spacial score (nSPS) is 13.7. The number of nitriles is 1.